The molecule has 0 bridgehead atoms. The molecule has 1 fully saturated rings. The second-order valence-electron chi connectivity index (χ2n) is 7.83. The molecular weight excluding hydrogens is 414 g/mol. The zero-order chi connectivity index (χ0) is 22.2. The number of halogens is 1. The van der Waals surface area contributed by atoms with Gasteiger partial charge in [-0.05, 0) is 68.1 Å². The van der Waals surface area contributed by atoms with Crippen molar-refractivity contribution < 1.29 is 14.3 Å². The molecule has 1 aliphatic carbocycles. The van der Waals surface area contributed by atoms with Gasteiger partial charge in [-0.3, -0.25) is 9.59 Å². The summed E-state index contributed by atoms with van der Waals surface area (Å²) in [6.07, 6.45) is 5.42. The van der Waals surface area contributed by atoms with Crippen LogP contribution in [0.5, 0.6) is 5.75 Å². The minimum atomic E-state index is -0.356. The van der Waals surface area contributed by atoms with Gasteiger partial charge in [-0.1, -0.05) is 43.0 Å². The maximum Gasteiger partial charge on any atom is 0.277 e. The van der Waals surface area contributed by atoms with E-state index in [-0.39, 0.29) is 24.3 Å². The number of nitrogens with one attached hydrogen (secondary N) is 2. The van der Waals surface area contributed by atoms with Gasteiger partial charge in [-0.15, -0.1) is 0 Å². The van der Waals surface area contributed by atoms with Crippen LogP contribution in [0.25, 0.3) is 0 Å². The third-order valence-electron chi connectivity index (χ3n) is 5.39. The SMILES string of the molecule is CC(=NNC(=O)COc1ccc(Cl)cc1C)c1ccc(NC(=O)C2CCCCC2)cc1. The summed E-state index contributed by atoms with van der Waals surface area (Å²) in [5.41, 5.74) is 5.63. The summed E-state index contributed by atoms with van der Waals surface area (Å²) in [5.74, 6) is 0.461. The first-order valence-corrected chi connectivity index (χ1v) is 10.9. The number of rotatable bonds is 7. The molecular formula is C24H28ClN3O3. The largest absolute Gasteiger partial charge is 0.483 e. The fourth-order valence-electron chi connectivity index (χ4n) is 3.56. The van der Waals surface area contributed by atoms with Crippen LogP contribution in [0.2, 0.25) is 5.02 Å². The Morgan fingerprint density at radius 3 is 2.48 bits per heavy atom. The van der Waals surface area contributed by atoms with Gasteiger partial charge in [0.25, 0.3) is 5.91 Å². The summed E-state index contributed by atoms with van der Waals surface area (Å²) < 4.78 is 5.51. The summed E-state index contributed by atoms with van der Waals surface area (Å²) in [6, 6.07) is 12.7. The third-order valence-corrected chi connectivity index (χ3v) is 5.63. The fourth-order valence-corrected chi connectivity index (χ4v) is 3.79. The zero-order valence-electron chi connectivity index (χ0n) is 17.9. The van der Waals surface area contributed by atoms with Crippen molar-refractivity contribution in [2.75, 3.05) is 11.9 Å². The van der Waals surface area contributed by atoms with E-state index < -0.39 is 0 Å². The highest BCUT2D eigenvalue weighted by molar-refractivity contribution is 6.30. The molecule has 2 N–H and O–H groups in total. The number of benzene rings is 2. The summed E-state index contributed by atoms with van der Waals surface area (Å²) in [6.45, 7) is 3.52. The molecule has 2 aromatic rings. The van der Waals surface area contributed by atoms with E-state index in [0.717, 1.165) is 42.5 Å². The van der Waals surface area contributed by atoms with Gasteiger partial charge >= 0.3 is 0 Å². The van der Waals surface area contributed by atoms with E-state index in [0.29, 0.717) is 16.5 Å². The molecule has 0 saturated heterocycles. The molecule has 7 heteroatoms. The summed E-state index contributed by atoms with van der Waals surface area (Å²) in [7, 11) is 0. The van der Waals surface area contributed by atoms with E-state index in [1.165, 1.54) is 6.42 Å². The highest BCUT2D eigenvalue weighted by Gasteiger charge is 2.20. The Kier molecular flexibility index (Phi) is 8.06. The number of carbonyl (C=O) groups is 2. The molecule has 31 heavy (non-hydrogen) atoms. The fraction of sp³-hybridized carbons (Fsp3) is 0.375. The summed E-state index contributed by atoms with van der Waals surface area (Å²) in [4.78, 5) is 24.4. The van der Waals surface area contributed by atoms with Crippen LogP contribution in [-0.2, 0) is 9.59 Å². The lowest BCUT2D eigenvalue weighted by atomic mass is 9.88. The zero-order valence-corrected chi connectivity index (χ0v) is 18.7. The average Bonchev–Trinajstić information content (AvgIpc) is 2.78. The van der Waals surface area contributed by atoms with Gasteiger partial charge in [0.2, 0.25) is 5.91 Å². The van der Waals surface area contributed by atoms with Crippen LogP contribution in [0.3, 0.4) is 0 Å². The van der Waals surface area contributed by atoms with Crippen molar-refractivity contribution in [3.05, 3.63) is 58.6 Å². The lowest BCUT2D eigenvalue weighted by Gasteiger charge is -2.20. The van der Waals surface area contributed by atoms with E-state index in [1.54, 1.807) is 25.1 Å². The van der Waals surface area contributed by atoms with E-state index in [1.807, 2.05) is 31.2 Å². The Morgan fingerprint density at radius 2 is 1.81 bits per heavy atom. The Hall–Kier alpha value is -2.86. The van der Waals surface area contributed by atoms with Gasteiger partial charge in [0, 0.05) is 16.6 Å². The Morgan fingerprint density at radius 1 is 1.10 bits per heavy atom. The predicted molar refractivity (Wildman–Crippen MR) is 124 cm³/mol. The molecule has 0 aliphatic heterocycles. The highest BCUT2D eigenvalue weighted by Crippen LogP contribution is 2.25. The number of ether oxygens (including phenoxy) is 1. The first-order valence-electron chi connectivity index (χ1n) is 10.6. The van der Waals surface area contributed by atoms with Crippen LogP contribution >= 0.6 is 11.6 Å². The normalized spacial score (nSPS) is 14.7. The van der Waals surface area contributed by atoms with Gasteiger partial charge in [-0.2, -0.15) is 5.10 Å². The van der Waals surface area contributed by atoms with Crippen LogP contribution in [0.15, 0.2) is 47.6 Å². The lowest BCUT2D eigenvalue weighted by molar-refractivity contribution is -0.123. The molecule has 0 radical (unpaired) electrons. The number of amides is 2. The maximum absolute atomic E-state index is 12.4. The smallest absolute Gasteiger partial charge is 0.277 e. The summed E-state index contributed by atoms with van der Waals surface area (Å²) in [5, 5.41) is 7.75. The summed E-state index contributed by atoms with van der Waals surface area (Å²) >= 11 is 5.92. The molecule has 164 valence electrons. The number of carbonyl (C=O) groups excluding carboxylic acids is 2. The van der Waals surface area contributed by atoms with Gasteiger partial charge in [0.1, 0.15) is 5.75 Å². The molecule has 2 amide bonds. The first-order chi connectivity index (χ1) is 14.9. The van der Waals surface area contributed by atoms with Gasteiger partial charge in [-0.25, -0.2) is 5.43 Å². The van der Waals surface area contributed by atoms with Crippen LogP contribution in [0.4, 0.5) is 5.69 Å². The van der Waals surface area contributed by atoms with Gasteiger partial charge in [0.05, 0.1) is 5.71 Å². The number of anilines is 1. The first kappa shape index (κ1) is 22.8. The van der Waals surface area contributed by atoms with Crippen molar-refractivity contribution in [1.82, 2.24) is 5.43 Å². The van der Waals surface area contributed by atoms with Crippen molar-refractivity contribution in [1.29, 1.82) is 0 Å². The van der Waals surface area contributed by atoms with Crippen LogP contribution in [0.1, 0.15) is 50.2 Å². The van der Waals surface area contributed by atoms with Crippen LogP contribution in [0, 0.1) is 12.8 Å². The van der Waals surface area contributed by atoms with E-state index in [9.17, 15) is 9.59 Å². The van der Waals surface area contributed by atoms with E-state index >= 15 is 0 Å². The monoisotopic (exact) mass is 441 g/mol. The molecule has 0 unspecified atom stereocenters. The Labute approximate surface area is 188 Å². The third kappa shape index (κ3) is 6.82. The standard InChI is InChI=1S/C24H28ClN3O3/c1-16-14-20(25)10-13-22(16)31-15-23(29)28-27-17(2)18-8-11-21(12-9-18)26-24(30)19-6-4-3-5-7-19/h8-14,19H,3-7,15H2,1-2H3,(H,26,30)(H,28,29). The molecule has 2 aromatic carbocycles. The van der Waals surface area contributed by atoms with Crippen molar-refractivity contribution in [3.63, 3.8) is 0 Å². The van der Waals surface area contributed by atoms with Crippen molar-refractivity contribution in [2.45, 2.75) is 46.0 Å². The van der Waals surface area contributed by atoms with Crippen molar-refractivity contribution in [2.24, 2.45) is 11.0 Å². The lowest BCUT2D eigenvalue weighted by Crippen LogP contribution is -2.25. The minimum absolute atomic E-state index is 0.0982. The van der Waals surface area contributed by atoms with E-state index in [2.05, 4.69) is 15.8 Å². The topological polar surface area (TPSA) is 79.8 Å². The molecule has 0 spiro atoms. The molecule has 0 atom stereocenters. The molecule has 0 heterocycles. The average molecular weight is 442 g/mol. The number of hydrogen-bond acceptors (Lipinski definition) is 4. The number of hydrogen-bond donors (Lipinski definition) is 2. The number of aryl methyl sites for hydroxylation is 1. The molecule has 0 aromatic heterocycles. The Bertz CT molecular complexity index is 951. The van der Waals surface area contributed by atoms with E-state index in [4.69, 9.17) is 16.3 Å². The van der Waals surface area contributed by atoms with Crippen LogP contribution < -0.4 is 15.5 Å². The molecule has 3 rings (SSSR count). The predicted octanol–water partition coefficient (Wildman–Crippen LogP) is 5.09. The maximum atomic E-state index is 12.4. The highest BCUT2D eigenvalue weighted by atomic mass is 35.5. The second kappa shape index (κ2) is 11.0. The molecule has 1 saturated carbocycles. The van der Waals surface area contributed by atoms with Gasteiger partial charge in [0.15, 0.2) is 6.61 Å². The second-order valence-corrected chi connectivity index (χ2v) is 8.27. The Balaban J connectivity index is 1.49. The number of nitrogens with zero attached hydrogens (tertiary/aromatic N) is 1. The number of hydrazone groups is 1. The van der Waals surface area contributed by atoms with Crippen LogP contribution in [-0.4, -0.2) is 24.1 Å². The van der Waals surface area contributed by atoms with Gasteiger partial charge < -0.3 is 10.1 Å². The van der Waals surface area contributed by atoms with Crippen molar-refractivity contribution in [3.8, 4) is 5.75 Å². The molecule has 6 nitrogen and oxygen atoms in total. The van der Waals surface area contributed by atoms with Crippen molar-refractivity contribution >= 4 is 34.8 Å². The molecule has 1 aliphatic rings. The quantitative estimate of drug-likeness (QED) is 0.464. The minimum Gasteiger partial charge on any atom is -0.483 e.